The van der Waals surface area contributed by atoms with E-state index >= 15 is 0 Å². The van der Waals surface area contributed by atoms with E-state index in [1.165, 1.54) is 11.6 Å². The molecule has 5 aliphatic rings. The molecule has 4 N–H and O–H groups in total. The van der Waals surface area contributed by atoms with Gasteiger partial charge in [0.05, 0.1) is 18.1 Å². The molecule has 0 heterocycles. The number of carboxylic acid groups (broad SMARTS) is 1. The van der Waals surface area contributed by atoms with Crippen LogP contribution < -0.4 is 0 Å². The minimum Gasteiger partial charge on any atom is -0.508 e. The fourth-order valence-corrected chi connectivity index (χ4v) is 11.9. The maximum Gasteiger partial charge on any atom is 0.331 e. The van der Waals surface area contributed by atoms with Gasteiger partial charge in [-0.3, -0.25) is 4.79 Å². The van der Waals surface area contributed by atoms with Gasteiger partial charge < -0.3 is 25.2 Å². The van der Waals surface area contributed by atoms with E-state index in [2.05, 4.69) is 40.7 Å². The van der Waals surface area contributed by atoms with Crippen molar-refractivity contribution in [2.24, 2.45) is 50.2 Å². The van der Waals surface area contributed by atoms with Gasteiger partial charge in [-0.05, 0) is 121 Å². The molecule has 46 heavy (non-hydrogen) atoms. The second-order valence-electron chi connectivity index (χ2n) is 17.4. The van der Waals surface area contributed by atoms with Gasteiger partial charge in [-0.1, -0.05) is 65.3 Å². The van der Waals surface area contributed by atoms with Crippen LogP contribution in [0.25, 0.3) is 6.08 Å². The Morgan fingerprint density at radius 3 is 2.26 bits per heavy atom. The minimum atomic E-state index is -0.935. The van der Waals surface area contributed by atoms with E-state index < -0.39 is 35.0 Å². The highest BCUT2D eigenvalue weighted by Crippen LogP contribution is 2.75. The lowest BCUT2D eigenvalue weighted by atomic mass is 9.33. The number of benzene rings is 1. The summed E-state index contributed by atoms with van der Waals surface area (Å²) in [5, 5.41) is 42.9. The molecule has 5 aliphatic carbocycles. The quantitative estimate of drug-likeness (QED) is 0.154. The van der Waals surface area contributed by atoms with Gasteiger partial charge in [-0.2, -0.15) is 0 Å². The number of aliphatic hydroxyl groups excluding tert-OH is 2. The maximum absolute atomic E-state index is 13.1. The van der Waals surface area contributed by atoms with E-state index in [1.807, 2.05) is 6.92 Å². The van der Waals surface area contributed by atoms with E-state index in [0.29, 0.717) is 12.8 Å². The van der Waals surface area contributed by atoms with Crippen LogP contribution in [0.1, 0.15) is 105 Å². The molecule has 252 valence electrons. The Kier molecular flexibility index (Phi) is 7.92. The summed E-state index contributed by atoms with van der Waals surface area (Å²) in [5.74, 6) is -0.769. The van der Waals surface area contributed by atoms with Crippen molar-refractivity contribution in [3.05, 3.63) is 47.6 Å². The average molecular weight is 635 g/mol. The first kappa shape index (κ1) is 33.3. The van der Waals surface area contributed by atoms with E-state index in [1.54, 1.807) is 30.3 Å². The second kappa shape index (κ2) is 10.9. The zero-order chi connectivity index (χ0) is 33.5. The SMILES string of the molecule is CC1(C)CC[C@]2(C(=O)O)CC[C@]3(C)C(=CCC4[C@@]5(C)C[C@@H](O)[C@H](OC(=O)/C=C\c6ccc(O)cc6)[C@@](C)(CO)C5CC[C@]43C)C2C1. The molecule has 0 aromatic heterocycles. The Balaban J connectivity index is 1.31. The van der Waals surface area contributed by atoms with Crippen LogP contribution in [-0.2, 0) is 14.3 Å². The molecule has 10 atom stereocenters. The molecule has 6 rings (SSSR count). The third kappa shape index (κ3) is 4.73. The van der Waals surface area contributed by atoms with Crippen molar-refractivity contribution >= 4 is 18.0 Å². The van der Waals surface area contributed by atoms with Gasteiger partial charge in [-0.15, -0.1) is 0 Å². The molecule has 3 unspecified atom stereocenters. The van der Waals surface area contributed by atoms with Crippen LogP contribution in [0.3, 0.4) is 0 Å². The number of aliphatic hydroxyl groups is 2. The Bertz CT molecular complexity index is 1440. The molecule has 7 nitrogen and oxygen atoms in total. The van der Waals surface area contributed by atoms with Gasteiger partial charge in [0.25, 0.3) is 0 Å². The first-order chi connectivity index (χ1) is 21.5. The summed E-state index contributed by atoms with van der Waals surface area (Å²) in [6.45, 7) is 13.5. The summed E-state index contributed by atoms with van der Waals surface area (Å²) in [6, 6.07) is 6.49. The standard InChI is InChI=1S/C39H54O7/c1-34(2)17-19-39(33(44)45)20-18-37(5)26(27(39)21-34)12-13-30-35(3)22-28(42)32(36(4,23-40)29(35)15-16-38(30,37)6)46-31(43)14-9-24-7-10-25(41)11-8-24/h7-12,14,27-30,32,40-42H,13,15-23H2,1-6H3,(H,44,45)/b14-9-/t27?,28-,29?,30?,32+,35+,36+,37-,38-,39+/m1/s1. The number of hydrogen-bond acceptors (Lipinski definition) is 6. The van der Waals surface area contributed by atoms with Gasteiger partial charge in [0.2, 0.25) is 0 Å². The number of aromatic hydroxyl groups is 1. The summed E-state index contributed by atoms with van der Waals surface area (Å²) >= 11 is 0. The highest BCUT2D eigenvalue weighted by molar-refractivity contribution is 5.87. The number of carbonyl (C=O) groups excluding carboxylic acids is 1. The number of phenolic OH excluding ortho intramolecular Hbond substituents is 1. The molecule has 7 heteroatoms. The molecule has 0 amide bonds. The highest BCUT2D eigenvalue weighted by Gasteiger charge is 2.71. The van der Waals surface area contributed by atoms with Crippen molar-refractivity contribution in [1.82, 2.24) is 0 Å². The number of carboxylic acids is 1. The Morgan fingerprint density at radius 2 is 1.61 bits per heavy atom. The molecule has 4 saturated carbocycles. The van der Waals surface area contributed by atoms with Crippen LogP contribution >= 0.6 is 0 Å². The number of fused-ring (bicyclic) bond motifs is 7. The molecule has 0 saturated heterocycles. The predicted molar refractivity (Wildman–Crippen MR) is 176 cm³/mol. The topological polar surface area (TPSA) is 124 Å². The third-order valence-electron chi connectivity index (χ3n) is 14.7. The molecule has 1 aromatic rings. The number of rotatable bonds is 5. The predicted octanol–water partition coefficient (Wildman–Crippen LogP) is 7.15. The van der Waals surface area contributed by atoms with Crippen LogP contribution in [0.2, 0.25) is 0 Å². The van der Waals surface area contributed by atoms with E-state index in [4.69, 9.17) is 4.74 Å². The van der Waals surface area contributed by atoms with Crippen molar-refractivity contribution in [1.29, 1.82) is 0 Å². The first-order valence-electron chi connectivity index (χ1n) is 17.4. The normalized spacial score (nSPS) is 44.6. The molecule has 0 aliphatic heterocycles. The molecular weight excluding hydrogens is 580 g/mol. The summed E-state index contributed by atoms with van der Waals surface area (Å²) in [7, 11) is 0. The lowest BCUT2D eigenvalue weighted by molar-refractivity contribution is -0.249. The Morgan fingerprint density at radius 1 is 0.935 bits per heavy atom. The summed E-state index contributed by atoms with van der Waals surface area (Å²) in [6.07, 6.45) is 10.8. The van der Waals surface area contributed by atoms with Crippen LogP contribution in [0.4, 0.5) is 0 Å². The molecule has 0 bridgehead atoms. The largest absolute Gasteiger partial charge is 0.508 e. The molecule has 0 radical (unpaired) electrons. The summed E-state index contributed by atoms with van der Waals surface area (Å²) in [4.78, 5) is 26.0. The van der Waals surface area contributed by atoms with E-state index in [0.717, 1.165) is 50.5 Å². The van der Waals surface area contributed by atoms with Gasteiger partial charge in [0, 0.05) is 11.5 Å². The van der Waals surface area contributed by atoms with Gasteiger partial charge in [0.15, 0.2) is 0 Å². The summed E-state index contributed by atoms with van der Waals surface area (Å²) in [5.41, 5.74) is 0.128. The van der Waals surface area contributed by atoms with Crippen LogP contribution in [0, 0.1) is 50.2 Å². The zero-order valence-electron chi connectivity index (χ0n) is 28.5. The number of aliphatic carboxylic acids is 1. The number of hydrogen-bond donors (Lipinski definition) is 4. The monoisotopic (exact) mass is 634 g/mol. The number of esters is 1. The van der Waals surface area contributed by atoms with Crippen LogP contribution in [0.15, 0.2) is 42.0 Å². The molecule has 0 spiro atoms. The van der Waals surface area contributed by atoms with Crippen molar-refractivity contribution in [2.75, 3.05) is 6.61 Å². The van der Waals surface area contributed by atoms with Gasteiger partial charge >= 0.3 is 11.9 Å². The third-order valence-corrected chi connectivity index (χ3v) is 14.7. The Hall–Kier alpha value is -2.64. The summed E-state index contributed by atoms with van der Waals surface area (Å²) < 4.78 is 5.98. The zero-order valence-corrected chi connectivity index (χ0v) is 28.5. The van der Waals surface area contributed by atoms with E-state index in [9.17, 15) is 30.0 Å². The fourth-order valence-electron chi connectivity index (χ4n) is 11.9. The Labute approximate surface area is 274 Å². The van der Waals surface area contributed by atoms with Crippen molar-refractivity contribution in [3.63, 3.8) is 0 Å². The second-order valence-corrected chi connectivity index (χ2v) is 17.4. The molecule has 1 aromatic carbocycles. The molecule has 4 fully saturated rings. The number of allylic oxidation sites excluding steroid dienone is 2. The van der Waals surface area contributed by atoms with E-state index in [-0.39, 0.29) is 51.8 Å². The number of phenols is 1. The first-order valence-corrected chi connectivity index (χ1v) is 17.4. The van der Waals surface area contributed by atoms with Crippen LogP contribution in [0.5, 0.6) is 5.75 Å². The minimum absolute atomic E-state index is 0.0271. The average Bonchev–Trinajstić information content (AvgIpc) is 2.98. The van der Waals surface area contributed by atoms with Crippen molar-refractivity contribution < 1.29 is 34.8 Å². The fraction of sp³-hybridized carbons (Fsp3) is 0.692. The number of ether oxygens (including phenoxy) is 1. The van der Waals surface area contributed by atoms with Crippen LogP contribution in [-0.4, -0.2) is 51.2 Å². The highest BCUT2D eigenvalue weighted by atomic mass is 16.6. The number of carbonyl (C=O) groups is 2. The maximum atomic E-state index is 13.1. The smallest absolute Gasteiger partial charge is 0.331 e. The van der Waals surface area contributed by atoms with Crippen molar-refractivity contribution in [3.8, 4) is 5.75 Å². The lowest BCUT2D eigenvalue weighted by Crippen LogP contribution is -2.68. The van der Waals surface area contributed by atoms with Crippen molar-refractivity contribution in [2.45, 2.75) is 112 Å². The van der Waals surface area contributed by atoms with Gasteiger partial charge in [-0.25, -0.2) is 4.79 Å². The molecular formula is C39H54O7. The lowest BCUT2D eigenvalue weighted by Gasteiger charge is -2.71. The van der Waals surface area contributed by atoms with Gasteiger partial charge in [0.1, 0.15) is 11.9 Å².